The van der Waals surface area contributed by atoms with Crippen LogP contribution >= 0.6 is 23.4 Å². The van der Waals surface area contributed by atoms with E-state index in [0.29, 0.717) is 28.1 Å². The fourth-order valence-corrected chi connectivity index (χ4v) is 4.45. The molecule has 0 spiro atoms. The van der Waals surface area contributed by atoms with Gasteiger partial charge >= 0.3 is 0 Å². The van der Waals surface area contributed by atoms with Gasteiger partial charge in [-0.25, -0.2) is 9.38 Å². The number of nitrogens with zero attached hydrogens (tertiary/aromatic N) is 2. The first-order valence-corrected chi connectivity index (χ1v) is 11.2. The van der Waals surface area contributed by atoms with E-state index in [2.05, 4.69) is 10.3 Å². The second kappa shape index (κ2) is 9.97. The molecule has 32 heavy (non-hydrogen) atoms. The van der Waals surface area contributed by atoms with Crippen molar-refractivity contribution in [3.05, 3.63) is 95.3 Å². The molecule has 0 aliphatic carbocycles. The van der Waals surface area contributed by atoms with Gasteiger partial charge in [0.05, 0.1) is 22.9 Å². The van der Waals surface area contributed by atoms with Gasteiger partial charge in [0.25, 0.3) is 0 Å². The van der Waals surface area contributed by atoms with Crippen LogP contribution in [0, 0.1) is 5.82 Å². The third-order valence-corrected chi connectivity index (χ3v) is 6.32. The molecule has 3 aromatic rings. The number of carbonyl (C=O) groups is 2. The molecule has 0 saturated carbocycles. The van der Waals surface area contributed by atoms with E-state index in [0.717, 1.165) is 5.56 Å². The van der Waals surface area contributed by atoms with Gasteiger partial charge in [-0.15, -0.1) is 0 Å². The Labute approximate surface area is 194 Å². The van der Waals surface area contributed by atoms with Crippen molar-refractivity contribution in [2.45, 2.75) is 18.2 Å². The molecule has 1 unspecified atom stereocenters. The summed E-state index contributed by atoms with van der Waals surface area (Å²) in [6.45, 7) is 0.325. The number of para-hydroxylation sites is 1. The van der Waals surface area contributed by atoms with Gasteiger partial charge in [-0.05, 0) is 42.0 Å². The molecule has 1 aliphatic rings. The summed E-state index contributed by atoms with van der Waals surface area (Å²) in [5.41, 5.74) is 1.91. The maximum Gasteiger partial charge on any atom is 0.238 e. The first-order chi connectivity index (χ1) is 15.5. The number of amides is 2. The Balaban J connectivity index is 1.60. The summed E-state index contributed by atoms with van der Waals surface area (Å²) < 4.78 is 13.3. The molecule has 162 valence electrons. The molecule has 8 heteroatoms. The Morgan fingerprint density at radius 3 is 2.47 bits per heavy atom. The number of anilines is 1. The topological polar surface area (TPSA) is 61.8 Å². The Kier molecular flexibility index (Phi) is 6.87. The predicted octanol–water partition coefficient (Wildman–Crippen LogP) is 5.64. The van der Waals surface area contributed by atoms with Gasteiger partial charge in [0, 0.05) is 6.42 Å². The molecule has 1 aliphatic heterocycles. The lowest BCUT2D eigenvalue weighted by atomic mass is 10.2. The summed E-state index contributed by atoms with van der Waals surface area (Å²) in [7, 11) is 0. The van der Waals surface area contributed by atoms with Crippen molar-refractivity contribution in [1.29, 1.82) is 0 Å². The Morgan fingerprint density at radius 1 is 1.06 bits per heavy atom. The summed E-state index contributed by atoms with van der Waals surface area (Å²) in [5, 5.41) is 2.91. The lowest BCUT2D eigenvalue weighted by molar-refractivity contribution is -0.129. The van der Waals surface area contributed by atoms with Gasteiger partial charge in [0.1, 0.15) is 11.1 Å². The second-order valence-electron chi connectivity index (χ2n) is 7.12. The average Bonchev–Trinajstić information content (AvgIpc) is 2.79. The average molecular weight is 468 g/mol. The fourth-order valence-electron chi connectivity index (χ4n) is 3.16. The van der Waals surface area contributed by atoms with E-state index in [1.54, 1.807) is 29.2 Å². The third kappa shape index (κ3) is 5.36. The Morgan fingerprint density at radius 2 is 1.75 bits per heavy atom. The standard InChI is InChI=1S/C24H19ClFN3O2S/c25-19-8-4-5-9-20(19)28-23(31)21-14-22(30)29(15-16-6-2-1-3-7-16)24(32-21)27-18-12-10-17(26)11-13-18/h1-13,21H,14-15H2,(H,28,31). The lowest BCUT2D eigenvalue weighted by Gasteiger charge is -2.32. The highest BCUT2D eigenvalue weighted by molar-refractivity contribution is 8.15. The van der Waals surface area contributed by atoms with E-state index < -0.39 is 5.25 Å². The van der Waals surface area contributed by atoms with Crippen molar-refractivity contribution < 1.29 is 14.0 Å². The molecule has 1 saturated heterocycles. The van der Waals surface area contributed by atoms with Crippen molar-refractivity contribution in [1.82, 2.24) is 4.90 Å². The van der Waals surface area contributed by atoms with Gasteiger partial charge in [-0.1, -0.05) is 65.8 Å². The minimum absolute atomic E-state index is 0.0240. The van der Waals surface area contributed by atoms with Crippen LogP contribution in [0.3, 0.4) is 0 Å². The van der Waals surface area contributed by atoms with Crippen LogP contribution in [0.4, 0.5) is 15.8 Å². The Bertz CT molecular complexity index is 1160. The van der Waals surface area contributed by atoms with Crippen molar-refractivity contribution in [2.24, 2.45) is 4.99 Å². The molecule has 2 amide bonds. The van der Waals surface area contributed by atoms with E-state index in [4.69, 9.17) is 11.6 Å². The van der Waals surface area contributed by atoms with Crippen LogP contribution in [0.5, 0.6) is 0 Å². The molecule has 4 rings (SSSR count). The predicted molar refractivity (Wildman–Crippen MR) is 127 cm³/mol. The van der Waals surface area contributed by atoms with Crippen LogP contribution in [-0.4, -0.2) is 27.1 Å². The number of nitrogens with one attached hydrogen (secondary N) is 1. The van der Waals surface area contributed by atoms with E-state index in [-0.39, 0.29) is 24.1 Å². The smallest absolute Gasteiger partial charge is 0.238 e. The molecule has 3 aromatic carbocycles. The SMILES string of the molecule is O=C(Nc1ccccc1Cl)C1CC(=O)N(Cc2ccccc2)C(=Nc2ccc(F)cc2)S1. The first-order valence-electron chi connectivity index (χ1n) is 9.90. The lowest BCUT2D eigenvalue weighted by Crippen LogP contribution is -2.44. The summed E-state index contributed by atoms with van der Waals surface area (Å²) in [5.74, 6) is -0.921. The van der Waals surface area contributed by atoms with E-state index in [1.807, 2.05) is 30.3 Å². The van der Waals surface area contributed by atoms with Crippen LogP contribution in [0.1, 0.15) is 12.0 Å². The maximum atomic E-state index is 13.3. The van der Waals surface area contributed by atoms with Gasteiger partial charge in [-0.3, -0.25) is 14.5 Å². The fraction of sp³-hybridized carbons (Fsp3) is 0.125. The number of hydrogen-bond donors (Lipinski definition) is 1. The number of aliphatic imine (C=N–C) groups is 1. The molecule has 5 nitrogen and oxygen atoms in total. The number of halogens is 2. The monoisotopic (exact) mass is 467 g/mol. The highest BCUT2D eigenvalue weighted by Crippen LogP contribution is 2.31. The minimum Gasteiger partial charge on any atom is -0.324 e. The van der Waals surface area contributed by atoms with Crippen molar-refractivity contribution in [3.8, 4) is 0 Å². The van der Waals surface area contributed by atoms with Crippen molar-refractivity contribution in [3.63, 3.8) is 0 Å². The van der Waals surface area contributed by atoms with Crippen LogP contribution < -0.4 is 5.32 Å². The van der Waals surface area contributed by atoms with Crippen molar-refractivity contribution in [2.75, 3.05) is 5.32 Å². The number of rotatable bonds is 5. The molecule has 0 radical (unpaired) electrons. The van der Waals surface area contributed by atoms with Gasteiger partial charge in [-0.2, -0.15) is 0 Å². The minimum atomic E-state index is -0.676. The molecule has 0 bridgehead atoms. The molecule has 1 N–H and O–H groups in total. The molecule has 0 aromatic heterocycles. The second-order valence-corrected chi connectivity index (χ2v) is 8.69. The summed E-state index contributed by atoms with van der Waals surface area (Å²) in [4.78, 5) is 32.1. The zero-order valence-corrected chi connectivity index (χ0v) is 18.4. The van der Waals surface area contributed by atoms with E-state index in [9.17, 15) is 14.0 Å². The number of thioether (sulfide) groups is 1. The maximum absolute atomic E-state index is 13.3. The van der Waals surface area contributed by atoms with E-state index in [1.165, 1.54) is 36.0 Å². The summed E-state index contributed by atoms with van der Waals surface area (Å²) in [6.07, 6.45) is 0.0240. The number of amidine groups is 1. The first kappa shape index (κ1) is 22.0. The van der Waals surface area contributed by atoms with Gasteiger partial charge in [0.15, 0.2) is 5.17 Å². The number of carbonyl (C=O) groups excluding carboxylic acids is 2. The molecule has 1 heterocycles. The summed E-state index contributed by atoms with van der Waals surface area (Å²) >= 11 is 7.35. The van der Waals surface area contributed by atoms with Gasteiger partial charge in [0.2, 0.25) is 11.8 Å². The van der Waals surface area contributed by atoms with Crippen molar-refractivity contribution >= 4 is 51.7 Å². The zero-order chi connectivity index (χ0) is 22.5. The molecule has 1 fully saturated rings. The van der Waals surface area contributed by atoms with Crippen LogP contribution in [0.15, 0.2) is 83.9 Å². The van der Waals surface area contributed by atoms with Crippen LogP contribution in [0.2, 0.25) is 5.02 Å². The normalized spacial score (nSPS) is 17.4. The highest BCUT2D eigenvalue weighted by Gasteiger charge is 2.36. The zero-order valence-electron chi connectivity index (χ0n) is 16.9. The highest BCUT2D eigenvalue weighted by atomic mass is 35.5. The van der Waals surface area contributed by atoms with Crippen LogP contribution in [0.25, 0.3) is 0 Å². The van der Waals surface area contributed by atoms with Gasteiger partial charge < -0.3 is 5.32 Å². The third-order valence-electron chi connectivity index (χ3n) is 4.80. The quantitative estimate of drug-likeness (QED) is 0.528. The molecular weight excluding hydrogens is 449 g/mol. The molecule has 1 atom stereocenters. The van der Waals surface area contributed by atoms with E-state index >= 15 is 0 Å². The number of benzene rings is 3. The number of hydrogen-bond acceptors (Lipinski definition) is 4. The Hall–Kier alpha value is -3.16. The molecular formula is C24H19ClFN3O2S. The van der Waals surface area contributed by atoms with Crippen LogP contribution in [-0.2, 0) is 16.1 Å². The largest absolute Gasteiger partial charge is 0.324 e. The summed E-state index contributed by atoms with van der Waals surface area (Å²) in [6, 6.07) is 22.1.